The van der Waals surface area contributed by atoms with Crippen molar-refractivity contribution in [2.75, 3.05) is 18.9 Å². The number of amides is 1. The molecule has 1 saturated heterocycles. The van der Waals surface area contributed by atoms with Crippen molar-refractivity contribution in [3.05, 3.63) is 90.5 Å². The van der Waals surface area contributed by atoms with Crippen LogP contribution >= 0.6 is 0 Å². The fourth-order valence-corrected chi connectivity index (χ4v) is 5.90. The lowest BCUT2D eigenvalue weighted by atomic mass is 10.1. The third-order valence-electron chi connectivity index (χ3n) is 6.24. The van der Waals surface area contributed by atoms with Crippen LogP contribution in [-0.4, -0.2) is 49.8 Å². The predicted molar refractivity (Wildman–Crippen MR) is 142 cm³/mol. The summed E-state index contributed by atoms with van der Waals surface area (Å²) in [5.74, 6) is -0.604. The van der Waals surface area contributed by atoms with Crippen LogP contribution in [0.2, 0.25) is 0 Å². The molecule has 1 amide bonds. The molecule has 0 bridgehead atoms. The van der Waals surface area contributed by atoms with Gasteiger partial charge in [-0.1, -0.05) is 48.5 Å². The molecule has 3 aromatic carbocycles. The van der Waals surface area contributed by atoms with Gasteiger partial charge in [-0.3, -0.25) is 4.79 Å². The summed E-state index contributed by atoms with van der Waals surface area (Å²) in [5, 5.41) is 2.72. The molecule has 10 heteroatoms. The quantitative estimate of drug-likeness (QED) is 0.284. The summed E-state index contributed by atoms with van der Waals surface area (Å²) in [6.45, 7) is 0.382. The minimum atomic E-state index is -3.87. The third kappa shape index (κ3) is 6.90. The molecule has 3 aromatic rings. The Morgan fingerprint density at radius 1 is 0.974 bits per heavy atom. The Balaban J connectivity index is 1.44. The standard InChI is InChI=1S/C28H31N3O6S/c29-22-13-15-23(16-14-22)36-19-17-25(28(33)37-20-21-8-3-1-4-9-21)30-27(32)26-12-7-18-31(26)38(34,35)24-10-5-2-6-11-24/h1-6,8-11,13-16,25-26H,7,12,17-20,29H2,(H,30,32). The number of esters is 1. The Hall–Kier alpha value is -3.89. The van der Waals surface area contributed by atoms with E-state index >= 15 is 0 Å². The number of nitrogens with two attached hydrogens (primary N) is 1. The average Bonchev–Trinajstić information content (AvgIpc) is 3.45. The van der Waals surface area contributed by atoms with Crippen LogP contribution in [0, 0.1) is 0 Å². The number of sulfonamides is 1. The topological polar surface area (TPSA) is 128 Å². The highest BCUT2D eigenvalue weighted by Crippen LogP contribution is 2.26. The molecule has 9 nitrogen and oxygen atoms in total. The summed E-state index contributed by atoms with van der Waals surface area (Å²) in [6, 6.07) is 22.1. The monoisotopic (exact) mass is 537 g/mol. The largest absolute Gasteiger partial charge is 0.493 e. The molecule has 2 atom stereocenters. The van der Waals surface area contributed by atoms with Gasteiger partial charge in [-0.05, 0) is 54.8 Å². The predicted octanol–water partition coefficient (Wildman–Crippen LogP) is 3.12. The third-order valence-corrected chi connectivity index (χ3v) is 8.16. The maximum absolute atomic E-state index is 13.3. The molecule has 1 fully saturated rings. The summed E-state index contributed by atoms with van der Waals surface area (Å²) in [6.07, 6.45) is 1.01. The summed E-state index contributed by atoms with van der Waals surface area (Å²) >= 11 is 0. The molecule has 3 N–H and O–H groups in total. The normalized spacial score (nSPS) is 16.5. The summed E-state index contributed by atoms with van der Waals surface area (Å²) in [5.41, 5.74) is 7.11. The zero-order chi connectivity index (χ0) is 27.0. The van der Waals surface area contributed by atoms with Gasteiger partial charge in [0, 0.05) is 18.7 Å². The lowest BCUT2D eigenvalue weighted by Gasteiger charge is -2.25. The smallest absolute Gasteiger partial charge is 0.329 e. The molecule has 0 radical (unpaired) electrons. The fraction of sp³-hybridized carbons (Fsp3) is 0.286. The van der Waals surface area contributed by atoms with Crippen LogP contribution < -0.4 is 15.8 Å². The van der Waals surface area contributed by atoms with E-state index in [0.29, 0.717) is 24.3 Å². The minimum Gasteiger partial charge on any atom is -0.493 e. The van der Waals surface area contributed by atoms with Gasteiger partial charge >= 0.3 is 5.97 Å². The van der Waals surface area contributed by atoms with Gasteiger partial charge in [-0.15, -0.1) is 0 Å². The minimum absolute atomic E-state index is 0.0444. The molecule has 4 rings (SSSR count). The number of nitrogen functional groups attached to an aromatic ring is 1. The SMILES string of the molecule is Nc1ccc(OCCC(NC(=O)C2CCCN2S(=O)(=O)c2ccccc2)C(=O)OCc2ccccc2)cc1. The van der Waals surface area contributed by atoms with Crippen LogP contribution in [0.1, 0.15) is 24.8 Å². The number of rotatable bonds is 11. The number of carbonyl (C=O) groups excluding carboxylic acids is 2. The van der Waals surface area contributed by atoms with E-state index in [-0.39, 0.29) is 31.1 Å². The van der Waals surface area contributed by atoms with Gasteiger partial charge in [0.1, 0.15) is 24.4 Å². The Morgan fingerprint density at radius 2 is 1.63 bits per heavy atom. The van der Waals surface area contributed by atoms with Crippen molar-refractivity contribution in [3.8, 4) is 5.75 Å². The molecule has 2 unspecified atom stereocenters. The molecule has 1 aliphatic heterocycles. The molecule has 0 aromatic heterocycles. The van der Waals surface area contributed by atoms with Crippen molar-refractivity contribution in [3.63, 3.8) is 0 Å². The molecule has 1 heterocycles. The van der Waals surface area contributed by atoms with Crippen LogP contribution in [0.25, 0.3) is 0 Å². The molecular formula is C28H31N3O6S. The van der Waals surface area contributed by atoms with E-state index < -0.39 is 34.0 Å². The van der Waals surface area contributed by atoms with Gasteiger partial charge in [-0.2, -0.15) is 4.31 Å². The zero-order valence-electron chi connectivity index (χ0n) is 20.9. The van der Waals surface area contributed by atoms with E-state index in [0.717, 1.165) is 5.56 Å². The highest BCUT2D eigenvalue weighted by atomic mass is 32.2. The van der Waals surface area contributed by atoms with Crippen molar-refractivity contribution >= 4 is 27.6 Å². The number of hydrogen-bond donors (Lipinski definition) is 2. The molecule has 0 aliphatic carbocycles. The first-order valence-corrected chi connectivity index (χ1v) is 13.8. The van der Waals surface area contributed by atoms with Crippen molar-refractivity contribution in [2.24, 2.45) is 0 Å². The fourth-order valence-electron chi connectivity index (χ4n) is 4.22. The van der Waals surface area contributed by atoms with Gasteiger partial charge in [0.15, 0.2) is 0 Å². The summed E-state index contributed by atoms with van der Waals surface area (Å²) in [4.78, 5) is 26.4. The Morgan fingerprint density at radius 3 is 2.32 bits per heavy atom. The number of benzene rings is 3. The van der Waals surface area contributed by atoms with E-state index in [1.165, 1.54) is 16.4 Å². The lowest BCUT2D eigenvalue weighted by molar-refractivity contribution is -0.149. The van der Waals surface area contributed by atoms with Crippen LogP contribution in [0.3, 0.4) is 0 Å². The van der Waals surface area contributed by atoms with Crippen LogP contribution in [0.4, 0.5) is 5.69 Å². The van der Waals surface area contributed by atoms with Crippen molar-refractivity contribution in [2.45, 2.75) is 42.8 Å². The number of hydrogen-bond acceptors (Lipinski definition) is 7. The number of anilines is 1. The molecule has 0 spiro atoms. The number of nitrogens with zero attached hydrogens (tertiary/aromatic N) is 1. The molecule has 1 aliphatic rings. The maximum Gasteiger partial charge on any atom is 0.329 e. The van der Waals surface area contributed by atoms with E-state index in [1.807, 2.05) is 30.3 Å². The van der Waals surface area contributed by atoms with Crippen LogP contribution in [0.5, 0.6) is 5.75 Å². The molecule has 0 saturated carbocycles. The highest BCUT2D eigenvalue weighted by Gasteiger charge is 2.40. The summed E-state index contributed by atoms with van der Waals surface area (Å²) in [7, 11) is -3.87. The van der Waals surface area contributed by atoms with Crippen molar-refractivity contribution in [1.29, 1.82) is 0 Å². The molecule has 200 valence electrons. The Labute approximate surface area is 222 Å². The zero-order valence-corrected chi connectivity index (χ0v) is 21.7. The van der Waals surface area contributed by atoms with E-state index in [4.69, 9.17) is 15.2 Å². The van der Waals surface area contributed by atoms with Gasteiger partial charge in [0.25, 0.3) is 0 Å². The summed E-state index contributed by atoms with van der Waals surface area (Å²) < 4.78 is 38.8. The Bertz CT molecular complexity index is 1320. The Kier molecular flexibility index (Phi) is 8.98. The van der Waals surface area contributed by atoms with Gasteiger partial charge in [0.05, 0.1) is 11.5 Å². The molecular weight excluding hydrogens is 506 g/mol. The molecule has 38 heavy (non-hydrogen) atoms. The van der Waals surface area contributed by atoms with E-state index in [9.17, 15) is 18.0 Å². The lowest BCUT2D eigenvalue weighted by Crippen LogP contribution is -2.51. The second-order valence-corrected chi connectivity index (χ2v) is 10.8. The van der Waals surface area contributed by atoms with E-state index in [1.54, 1.807) is 42.5 Å². The van der Waals surface area contributed by atoms with Gasteiger partial charge < -0.3 is 20.5 Å². The van der Waals surface area contributed by atoms with E-state index in [2.05, 4.69) is 5.32 Å². The number of carbonyl (C=O) groups is 2. The van der Waals surface area contributed by atoms with Crippen molar-refractivity contribution in [1.82, 2.24) is 9.62 Å². The first kappa shape index (κ1) is 27.2. The van der Waals surface area contributed by atoms with Gasteiger partial charge in [-0.25, -0.2) is 13.2 Å². The average molecular weight is 538 g/mol. The second kappa shape index (κ2) is 12.6. The van der Waals surface area contributed by atoms with Gasteiger partial charge in [0.2, 0.25) is 15.9 Å². The first-order chi connectivity index (χ1) is 18.3. The van der Waals surface area contributed by atoms with Crippen molar-refractivity contribution < 1.29 is 27.5 Å². The second-order valence-electron chi connectivity index (χ2n) is 8.95. The number of ether oxygens (including phenoxy) is 2. The number of nitrogens with one attached hydrogen (secondary N) is 1. The first-order valence-electron chi connectivity index (χ1n) is 12.4. The maximum atomic E-state index is 13.3. The highest BCUT2D eigenvalue weighted by molar-refractivity contribution is 7.89. The van der Waals surface area contributed by atoms with Crippen LogP contribution in [0.15, 0.2) is 89.8 Å². The van der Waals surface area contributed by atoms with Crippen LogP contribution in [-0.2, 0) is 31.0 Å².